The maximum absolute atomic E-state index is 13.5. The molecule has 0 radical (unpaired) electrons. The quantitative estimate of drug-likeness (QED) is 0.207. The summed E-state index contributed by atoms with van der Waals surface area (Å²) >= 11 is 0. The summed E-state index contributed by atoms with van der Waals surface area (Å²) in [5, 5.41) is 32.7. The lowest BCUT2D eigenvalue weighted by atomic mass is 9.80. The van der Waals surface area contributed by atoms with Gasteiger partial charge in [-0.3, -0.25) is 9.59 Å². The summed E-state index contributed by atoms with van der Waals surface area (Å²) < 4.78 is 41.9. The molecule has 53 heavy (non-hydrogen) atoms. The summed E-state index contributed by atoms with van der Waals surface area (Å²) in [7, 11) is 6.48. The molecule has 2 saturated heterocycles. The largest absolute Gasteiger partial charge is 0.462 e. The van der Waals surface area contributed by atoms with Crippen LogP contribution in [-0.2, 0) is 47.5 Å². The normalized spacial score (nSPS) is 42.8. The Hall–Kier alpha value is -2.11. The Morgan fingerprint density at radius 1 is 0.906 bits per heavy atom. The highest BCUT2D eigenvalue weighted by Gasteiger charge is 2.47. The molecule has 3 aliphatic rings. The predicted octanol–water partition coefficient (Wildman–Crippen LogP) is 2.59. The Bertz CT molecular complexity index is 1230. The van der Waals surface area contributed by atoms with Crippen LogP contribution in [0, 0.1) is 23.7 Å². The van der Waals surface area contributed by atoms with Gasteiger partial charge in [0.2, 0.25) is 0 Å². The highest BCUT2D eigenvalue weighted by Crippen LogP contribution is 2.34. The molecule has 0 amide bonds. The highest BCUT2D eigenvalue weighted by atomic mass is 16.7. The van der Waals surface area contributed by atoms with Crippen molar-refractivity contribution in [1.29, 1.82) is 0 Å². The van der Waals surface area contributed by atoms with Crippen molar-refractivity contribution < 1.29 is 62.9 Å². The number of rotatable bonds is 11. The molecule has 3 heterocycles. The Balaban J connectivity index is 1.92. The molecule has 16 atom stereocenters. The average Bonchev–Trinajstić information content (AvgIpc) is 3.11. The number of ether oxygens (including phenoxy) is 7. The summed E-state index contributed by atoms with van der Waals surface area (Å²) in [5.74, 6) is -2.22. The lowest BCUT2D eigenvalue weighted by molar-refractivity contribution is -0.304. The molecule has 4 unspecified atom stereocenters. The fourth-order valence-electron chi connectivity index (χ4n) is 7.75. The minimum atomic E-state index is -1.21. The topological polar surface area (TPSA) is 180 Å². The van der Waals surface area contributed by atoms with E-state index in [9.17, 15) is 29.7 Å². The van der Waals surface area contributed by atoms with E-state index in [-0.39, 0.29) is 31.1 Å². The number of aldehydes is 1. The third-order valence-corrected chi connectivity index (χ3v) is 11.0. The van der Waals surface area contributed by atoms with E-state index in [0.717, 1.165) is 11.9 Å². The van der Waals surface area contributed by atoms with Gasteiger partial charge in [0.05, 0.1) is 37.1 Å². The van der Waals surface area contributed by atoms with E-state index >= 15 is 0 Å². The van der Waals surface area contributed by atoms with Crippen molar-refractivity contribution in [2.75, 3.05) is 34.9 Å². The Morgan fingerprint density at radius 3 is 2.15 bits per heavy atom. The van der Waals surface area contributed by atoms with Crippen LogP contribution in [0.4, 0.5) is 0 Å². The fourth-order valence-corrected chi connectivity index (χ4v) is 7.75. The standard InChI is InChI=1S/C39H65NO13/c1-11-29-27(20-49-39-37(48-10)36(47-9)33(45)25(6)51-39)18-21(2)12-14-28(42)23(4)19-26(16-17-41)35(22(3)13-15-30(43)52-29)53-38-34(46)31(40(7)8)32(44)24(5)50-38/h12,14,17-18,22-27,29,31-39,44-46H,11,13,15-16,19-20H2,1-10H3/b14-12+,21-18+/t22-,23+,24+,25?,26-,27+,29+,31?,32+,33+,34?,35+,36-,37?,38-,39+/m0/s1. The van der Waals surface area contributed by atoms with Gasteiger partial charge in [-0.15, -0.1) is 0 Å². The van der Waals surface area contributed by atoms with E-state index in [1.807, 2.05) is 33.8 Å². The first-order valence-corrected chi connectivity index (χ1v) is 19.0. The lowest BCUT2D eigenvalue weighted by Crippen LogP contribution is -2.63. The smallest absolute Gasteiger partial charge is 0.306 e. The van der Waals surface area contributed by atoms with Crippen LogP contribution in [0.5, 0.6) is 0 Å². The maximum Gasteiger partial charge on any atom is 0.306 e. The van der Waals surface area contributed by atoms with Gasteiger partial charge in [-0.1, -0.05) is 38.5 Å². The van der Waals surface area contributed by atoms with E-state index in [2.05, 4.69) is 0 Å². The van der Waals surface area contributed by atoms with Crippen LogP contribution in [0.15, 0.2) is 23.8 Å². The van der Waals surface area contributed by atoms with Crippen molar-refractivity contribution in [3.05, 3.63) is 23.8 Å². The van der Waals surface area contributed by atoms with Gasteiger partial charge in [0.15, 0.2) is 18.4 Å². The van der Waals surface area contributed by atoms with E-state index in [4.69, 9.17) is 33.2 Å². The number of methoxy groups -OCH3 is 2. The monoisotopic (exact) mass is 755 g/mol. The van der Waals surface area contributed by atoms with E-state index in [1.165, 1.54) is 20.3 Å². The number of carbonyl (C=O) groups excluding carboxylic acids is 3. The van der Waals surface area contributed by atoms with E-state index < -0.39 is 97.3 Å². The third-order valence-electron chi connectivity index (χ3n) is 11.0. The van der Waals surface area contributed by atoms with Gasteiger partial charge in [0.25, 0.3) is 0 Å². The molecule has 0 aromatic heterocycles. The zero-order valence-electron chi connectivity index (χ0n) is 33.2. The Kier molecular flexibility index (Phi) is 18.2. The first-order valence-electron chi connectivity index (χ1n) is 19.0. The van der Waals surface area contributed by atoms with Gasteiger partial charge in [-0.05, 0) is 72.0 Å². The summed E-state index contributed by atoms with van der Waals surface area (Å²) in [6.07, 6.45) is -1.81. The minimum absolute atomic E-state index is 0.0436. The van der Waals surface area contributed by atoms with Crippen LogP contribution in [0.2, 0.25) is 0 Å². The van der Waals surface area contributed by atoms with Crippen molar-refractivity contribution in [1.82, 2.24) is 4.90 Å². The van der Waals surface area contributed by atoms with Crippen LogP contribution < -0.4 is 0 Å². The minimum Gasteiger partial charge on any atom is -0.462 e. The molecular weight excluding hydrogens is 690 g/mol. The fraction of sp³-hybridized carbons (Fsp3) is 0.821. The van der Waals surface area contributed by atoms with E-state index in [0.29, 0.717) is 19.3 Å². The second-order valence-corrected chi connectivity index (χ2v) is 15.2. The molecule has 3 N–H and O–H groups in total. The predicted molar refractivity (Wildman–Crippen MR) is 194 cm³/mol. The highest BCUT2D eigenvalue weighted by molar-refractivity contribution is 5.91. The summed E-state index contributed by atoms with van der Waals surface area (Å²) in [4.78, 5) is 40.7. The molecule has 14 nitrogen and oxygen atoms in total. The maximum atomic E-state index is 13.5. The van der Waals surface area contributed by atoms with Gasteiger partial charge in [-0.2, -0.15) is 0 Å². The molecule has 0 bridgehead atoms. The second kappa shape index (κ2) is 21.3. The van der Waals surface area contributed by atoms with Crippen molar-refractivity contribution in [3.8, 4) is 0 Å². The number of ketones is 1. The summed E-state index contributed by atoms with van der Waals surface area (Å²) in [5.41, 5.74) is 0.751. The average molecular weight is 756 g/mol. The van der Waals surface area contributed by atoms with Crippen LogP contribution in [-0.4, -0.2) is 147 Å². The Morgan fingerprint density at radius 2 is 1.55 bits per heavy atom. The lowest BCUT2D eigenvalue weighted by Gasteiger charge is -2.46. The van der Waals surface area contributed by atoms with Crippen molar-refractivity contribution in [2.45, 2.75) is 147 Å². The van der Waals surface area contributed by atoms with Gasteiger partial charge in [0.1, 0.15) is 36.8 Å². The van der Waals surface area contributed by atoms with Gasteiger partial charge < -0.3 is 58.2 Å². The third kappa shape index (κ3) is 11.9. The zero-order chi connectivity index (χ0) is 39.6. The van der Waals surface area contributed by atoms with Crippen molar-refractivity contribution in [2.24, 2.45) is 23.7 Å². The number of aliphatic hydroxyl groups is 3. The number of nitrogens with zero attached hydrogens (tertiary/aromatic N) is 1. The van der Waals surface area contributed by atoms with Crippen LogP contribution >= 0.6 is 0 Å². The SMILES string of the molecule is CC[C@H]1OC(=O)CC[C@H](C)[C@@H](O[C@@H]2O[C@H](C)[C@@H](O)C(N(C)C)C2O)[C@@H](CC=O)C[C@@H](C)C(=O)/C=C/C(C)=C/[C@@H]1CO[C@@H]1OC(C)[C@@H](O)[C@H](OC)C1OC. The first kappa shape index (κ1) is 45.3. The molecule has 3 rings (SSSR count). The van der Waals surface area contributed by atoms with Gasteiger partial charge in [0, 0.05) is 38.9 Å². The van der Waals surface area contributed by atoms with Gasteiger partial charge in [-0.25, -0.2) is 0 Å². The summed E-state index contributed by atoms with van der Waals surface area (Å²) in [6, 6.07) is -0.670. The summed E-state index contributed by atoms with van der Waals surface area (Å²) in [6.45, 7) is 11.0. The van der Waals surface area contributed by atoms with Crippen molar-refractivity contribution in [3.63, 3.8) is 0 Å². The zero-order valence-corrected chi connectivity index (χ0v) is 33.2. The molecule has 2 fully saturated rings. The number of allylic oxidation sites excluding steroid dienone is 3. The molecule has 0 spiro atoms. The van der Waals surface area contributed by atoms with E-state index in [1.54, 1.807) is 38.9 Å². The second-order valence-electron chi connectivity index (χ2n) is 15.2. The van der Waals surface area contributed by atoms with Crippen LogP contribution in [0.25, 0.3) is 0 Å². The number of aliphatic hydroxyl groups excluding tert-OH is 3. The van der Waals surface area contributed by atoms with Crippen LogP contribution in [0.3, 0.4) is 0 Å². The Labute approximate surface area is 315 Å². The molecule has 14 heteroatoms. The molecule has 3 aliphatic heterocycles. The molecule has 0 saturated carbocycles. The van der Waals surface area contributed by atoms with Crippen molar-refractivity contribution >= 4 is 18.0 Å². The molecular formula is C39H65NO13. The number of carbonyl (C=O) groups is 3. The first-order chi connectivity index (χ1) is 25.1. The number of hydrogen-bond acceptors (Lipinski definition) is 14. The molecule has 0 aromatic rings. The number of hydrogen-bond donors (Lipinski definition) is 3. The molecule has 0 aromatic carbocycles. The number of cyclic esters (lactones) is 1. The molecule has 304 valence electrons. The van der Waals surface area contributed by atoms with Crippen LogP contribution in [0.1, 0.15) is 73.6 Å². The number of likely N-dealkylation sites (N-methyl/N-ethyl adjacent to an activating group) is 1. The molecule has 0 aliphatic carbocycles. The van der Waals surface area contributed by atoms with Gasteiger partial charge >= 0.3 is 5.97 Å². The number of esters is 1.